The third-order valence-corrected chi connectivity index (χ3v) is 1.69. The molecule has 0 saturated heterocycles. The van der Waals surface area contributed by atoms with E-state index in [4.69, 9.17) is 11.5 Å². The van der Waals surface area contributed by atoms with Crippen LogP contribution in [0.3, 0.4) is 0 Å². The van der Waals surface area contributed by atoms with Gasteiger partial charge in [-0.2, -0.15) is 0 Å². The molecule has 1 aromatic rings. The molecule has 0 saturated carbocycles. The Morgan fingerprint density at radius 1 is 1.59 bits per heavy atom. The molecule has 92 valence electrons. The number of carbonyl (C=O) groups excluding carboxylic acids is 1. The molecule has 1 aromatic heterocycles. The number of aromatic nitrogens is 1. The van der Waals surface area contributed by atoms with Crippen molar-refractivity contribution < 1.29 is 14.5 Å². The van der Waals surface area contributed by atoms with Gasteiger partial charge < -0.3 is 21.5 Å². The van der Waals surface area contributed by atoms with Crippen LogP contribution < -0.4 is 16.8 Å². The summed E-state index contributed by atoms with van der Waals surface area (Å²) in [7, 11) is 0. The van der Waals surface area contributed by atoms with Crippen molar-refractivity contribution in [1.29, 1.82) is 0 Å². The summed E-state index contributed by atoms with van der Waals surface area (Å²) in [5.41, 5.74) is 9.96. The zero-order valence-electron chi connectivity index (χ0n) is 8.75. The molecule has 5 N–H and O–H groups in total. The fourth-order valence-electron chi connectivity index (χ4n) is 1.06. The SMILES string of the molecule is NC(=O)OCCNc1cc([N+](=O)[O-])cc(N)n1. The molecule has 0 radical (unpaired) electrons. The van der Waals surface area contributed by atoms with Crippen LogP contribution in [0.5, 0.6) is 0 Å². The summed E-state index contributed by atoms with van der Waals surface area (Å²) in [6.07, 6.45) is -0.890. The summed E-state index contributed by atoms with van der Waals surface area (Å²) in [6.45, 7) is 0.246. The predicted molar refractivity (Wildman–Crippen MR) is 59.3 cm³/mol. The average molecular weight is 241 g/mol. The lowest BCUT2D eigenvalue weighted by Gasteiger charge is -2.06. The summed E-state index contributed by atoms with van der Waals surface area (Å²) in [6, 6.07) is 2.37. The quantitative estimate of drug-likeness (QED) is 0.375. The van der Waals surface area contributed by atoms with Crippen molar-refractivity contribution in [2.75, 3.05) is 24.2 Å². The number of nitro groups is 1. The second-order valence-corrected chi connectivity index (χ2v) is 2.99. The Balaban J connectivity index is 2.59. The van der Waals surface area contributed by atoms with Crippen molar-refractivity contribution in [3.05, 3.63) is 22.2 Å². The highest BCUT2D eigenvalue weighted by molar-refractivity contribution is 5.64. The normalized spacial score (nSPS) is 9.65. The van der Waals surface area contributed by atoms with Crippen LogP contribution in [0.1, 0.15) is 0 Å². The van der Waals surface area contributed by atoms with E-state index in [1.165, 1.54) is 6.07 Å². The van der Waals surface area contributed by atoms with Crippen LogP contribution in [-0.2, 0) is 4.74 Å². The van der Waals surface area contributed by atoms with E-state index in [1.807, 2.05) is 0 Å². The summed E-state index contributed by atoms with van der Waals surface area (Å²) >= 11 is 0. The van der Waals surface area contributed by atoms with E-state index in [2.05, 4.69) is 15.0 Å². The van der Waals surface area contributed by atoms with E-state index in [0.717, 1.165) is 6.07 Å². The van der Waals surface area contributed by atoms with E-state index in [9.17, 15) is 14.9 Å². The Morgan fingerprint density at radius 2 is 2.29 bits per heavy atom. The van der Waals surface area contributed by atoms with Gasteiger partial charge in [0.15, 0.2) is 0 Å². The molecule has 0 atom stereocenters. The molecule has 9 nitrogen and oxygen atoms in total. The summed E-state index contributed by atoms with van der Waals surface area (Å²) in [5, 5.41) is 13.2. The molecule has 0 aliphatic carbocycles. The smallest absolute Gasteiger partial charge is 0.404 e. The maximum absolute atomic E-state index is 10.5. The first-order chi connectivity index (χ1) is 7.99. The van der Waals surface area contributed by atoms with Crippen molar-refractivity contribution in [2.24, 2.45) is 5.73 Å². The van der Waals surface area contributed by atoms with Crippen molar-refractivity contribution in [3.63, 3.8) is 0 Å². The highest BCUT2D eigenvalue weighted by Crippen LogP contribution is 2.18. The number of nitrogens with two attached hydrogens (primary N) is 2. The number of hydrogen-bond donors (Lipinski definition) is 3. The number of amides is 1. The number of rotatable bonds is 5. The number of anilines is 2. The first-order valence-corrected chi connectivity index (χ1v) is 4.57. The number of pyridine rings is 1. The molecule has 0 spiro atoms. The van der Waals surface area contributed by atoms with Crippen LogP contribution in [0.4, 0.5) is 22.1 Å². The summed E-state index contributed by atoms with van der Waals surface area (Å²) < 4.78 is 4.45. The average Bonchev–Trinajstić information content (AvgIpc) is 2.23. The largest absolute Gasteiger partial charge is 0.448 e. The first-order valence-electron chi connectivity index (χ1n) is 4.57. The van der Waals surface area contributed by atoms with Crippen molar-refractivity contribution >= 4 is 23.4 Å². The minimum atomic E-state index is -0.890. The Kier molecular flexibility index (Phi) is 4.03. The Morgan fingerprint density at radius 3 is 2.88 bits per heavy atom. The van der Waals surface area contributed by atoms with Gasteiger partial charge in [-0.3, -0.25) is 10.1 Å². The van der Waals surface area contributed by atoms with E-state index in [1.54, 1.807) is 0 Å². The molecular formula is C8H11N5O4. The van der Waals surface area contributed by atoms with E-state index in [-0.39, 0.29) is 30.5 Å². The van der Waals surface area contributed by atoms with E-state index < -0.39 is 11.0 Å². The van der Waals surface area contributed by atoms with Gasteiger partial charge in [0.25, 0.3) is 5.69 Å². The van der Waals surface area contributed by atoms with Gasteiger partial charge in [0, 0.05) is 0 Å². The molecule has 0 unspecified atom stereocenters. The number of nitrogens with zero attached hydrogens (tertiary/aromatic N) is 2. The fraction of sp³-hybridized carbons (Fsp3) is 0.250. The topological polar surface area (TPSA) is 146 Å². The van der Waals surface area contributed by atoms with Crippen molar-refractivity contribution in [2.45, 2.75) is 0 Å². The van der Waals surface area contributed by atoms with Crippen LogP contribution in [-0.4, -0.2) is 29.2 Å². The van der Waals surface area contributed by atoms with Gasteiger partial charge in [-0.25, -0.2) is 9.78 Å². The number of nitrogens with one attached hydrogen (secondary N) is 1. The molecule has 1 rings (SSSR count). The molecule has 9 heteroatoms. The summed E-state index contributed by atoms with van der Waals surface area (Å²) in [5.74, 6) is 0.252. The Labute approximate surface area is 95.9 Å². The maximum Gasteiger partial charge on any atom is 0.404 e. The molecule has 0 aromatic carbocycles. The van der Waals surface area contributed by atoms with Gasteiger partial charge in [0.1, 0.15) is 18.2 Å². The lowest BCUT2D eigenvalue weighted by Crippen LogP contribution is -2.18. The fourth-order valence-corrected chi connectivity index (χ4v) is 1.06. The highest BCUT2D eigenvalue weighted by Gasteiger charge is 2.09. The van der Waals surface area contributed by atoms with Gasteiger partial charge >= 0.3 is 6.09 Å². The maximum atomic E-state index is 10.5. The zero-order chi connectivity index (χ0) is 12.8. The molecule has 1 amide bonds. The van der Waals surface area contributed by atoms with Gasteiger partial charge in [0.05, 0.1) is 23.6 Å². The van der Waals surface area contributed by atoms with Crippen LogP contribution in [0, 0.1) is 10.1 Å². The third-order valence-electron chi connectivity index (χ3n) is 1.69. The second-order valence-electron chi connectivity index (χ2n) is 2.99. The first kappa shape index (κ1) is 12.5. The van der Waals surface area contributed by atoms with E-state index in [0.29, 0.717) is 0 Å². The molecule has 0 aliphatic rings. The number of nitrogen functional groups attached to an aromatic ring is 1. The van der Waals surface area contributed by atoms with Crippen molar-refractivity contribution in [1.82, 2.24) is 4.98 Å². The predicted octanol–water partition coefficient (Wildman–Crippen LogP) is 0.0792. The van der Waals surface area contributed by atoms with Crippen LogP contribution >= 0.6 is 0 Å². The minimum absolute atomic E-state index is 0.0255. The molecule has 0 aliphatic heterocycles. The number of hydrogen-bond acceptors (Lipinski definition) is 7. The van der Waals surface area contributed by atoms with Gasteiger partial charge in [-0.05, 0) is 0 Å². The van der Waals surface area contributed by atoms with Crippen LogP contribution in [0.15, 0.2) is 12.1 Å². The number of carbonyl (C=O) groups is 1. The van der Waals surface area contributed by atoms with Gasteiger partial charge in [0.2, 0.25) is 0 Å². The summed E-state index contributed by atoms with van der Waals surface area (Å²) in [4.78, 5) is 24.0. The lowest BCUT2D eigenvalue weighted by atomic mass is 10.3. The monoisotopic (exact) mass is 241 g/mol. The molecule has 0 bridgehead atoms. The lowest BCUT2D eigenvalue weighted by molar-refractivity contribution is -0.384. The molecular weight excluding hydrogens is 230 g/mol. The second kappa shape index (κ2) is 5.49. The highest BCUT2D eigenvalue weighted by atomic mass is 16.6. The Hall–Kier alpha value is -2.58. The molecule has 17 heavy (non-hydrogen) atoms. The third kappa shape index (κ3) is 4.20. The van der Waals surface area contributed by atoms with Gasteiger partial charge in [-0.1, -0.05) is 0 Å². The standard InChI is InChI=1S/C8H11N5O4/c9-6-3-5(13(15)16)4-7(12-6)11-1-2-17-8(10)14/h3-4H,1-2H2,(H2,10,14)(H3,9,11,12). The Bertz CT molecular complexity index is 436. The zero-order valence-corrected chi connectivity index (χ0v) is 8.75. The molecule has 1 heterocycles. The van der Waals surface area contributed by atoms with Crippen LogP contribution in [0.2, 0.25) is 0 Å². The van der Waals surface area contributed by atoms with E-state index >= 15 is 0 Å². The number of ether oxygens (including phenoxy) is 1. The minimum Gasteiger partial charge on any atom is -0.448 e. The van der Waals surface area contributed by atoms with Crippen molar-refractivity contribution in [3.8, 4) is 0 Å². The number of primary amides is 1. The molecule has 0 fully saturated rings. The van der Waals surface area contributed by atoms with Gasteiger partial charge in [-0.15, -0.1) is 0 Å². The van der Waals surface area contributed by atoms with Crippen LogP contribution in [0.25, 0.3) is 0 Å².